The molecule has 0 saturated heterocycles. The van der Waals surface area contributed by atoms with Crippen LogP contribution in [0.1, 0.15) is 45.1 Å². The molecule has 0 radical (unpaired) electrons. The zero-order chi connectivity index (χ0) is 15.1. The van der Waals surface area contributed by atoms with Crippen LogP contribution in [0.3, 0.4) is 0 Å². The fourth-order valence-electron chi connectivity index (χ4n) is 2.76. The highest BCUT2D eigenvalue weighted by atomic mass is 16.5. The molecule has 1 aromatic rings. The summed E-state index contributed by atoms with van der Waals surface area (Å²) in [7, 11) is 1.74. The summed E-state index contributed by atoms with van der Waals surface area (Å²) in [6, 6.07) is 9.03. The van der Waals surface area contributed by atoms with Crippen LogP contribution in [0.4, 0.5) is 0 Å². The molecule has 0 atom stereocenters. The lowest BCUT2D eigenvalue weighted by Crippen LogP contribution is -2.45. The fourth-order valence-corrected chi connectivity index (χ4v) is 2.76. The van der Waals surface area contributed by atoms with Crippen molar-refractivity contribution in [2.45, 2.75) is 57.6 Å². The Bertz CT molecular complexity index is 410. The minimum Gasteiger partial charge on any atom is -0.487 e. The topological polar surface area (TPSA) is 30.5 Å². The average Bonchev–Trinajstić information content (AvgIpc) is 2.43. The van der Waals surface area contributed by atoms with E-state index < -0.39 is 0 Å². The smallest absolute Gasteiger partial charge is 0.120 e. The molecule has 21 heavy (non-hydrogen) atoms. The van der Waals surface area contributed by atoms with Crippen molar-refractivity contribution in [3.63, 3.8) is 0 Å². The standard InChI is InChI=1S/C18H29NO2/c1-15(2)19-13-12-18(10-4-11-18)21-17-7-5-16(6-8-17)9-14-20-3/h5-8,15,19H,4,9-14H2,1-3H3. The van der Waals surface area contributed by atoms with Gasteiger partial charge in [0.15, 0.2) is 0 Å². The van der Waals surface area contributed by atoms with Crippen LogP contribution in [-0.4, -0.2) is 31.9 Å². The van der Waals surface area contributed by atoms with E-state index in [4.69, 9.17) is 9.47 Å². The highest BCUT2D eigenvalue weighted by molar-refractivity contribution is 5.28. The van der Waals surface area contributed by atoms with Gasteiger partial charge in [-0.3, -0.25) is 0 Å². The van der Waals surface area contributed by atoms with Gasteiger partial charge in [0, 0.05) is 13.2 Å². The van der Waals surface area contributed by atoms with Gasteiger partial charge in [0.1, 0.15) is 11.4 Å². The summed E-state index contributed by atoms with van der Waals surface area (Å²) in [6.07, 6.45) is 5.70. The van der Waals surface area contributed by atoms with Crippen molar-refractivity contribution in [3.05, 3.63) is 29.8 Å². The van der Waals surface area contributed by atoms with Crippen molar-refractivity contribution in [1.82, 2.24) is 5.32 Å². The number of nitrogens with one attached hydrogen (secondary N) is 1. The maximum atomic E-state index is 6.31. The molecule has 0 aromatic heterocycles. The Kier molecular flexibility index (Phi) is 6.07. The third kappa shape index (κ3) is 5.01. The van der Waals surface area contributed by atoms with E-state index in [9.17, 15) is 0 Å². The van der Waals surface area contributed by atoms with Crippen molar-refractivity contribution in [2.24, 2.45) is 0 Å². The van der Waals surface area contributed by atoms with E-state index in [1.165, 1.54) is 24.8 Å². The van der Waals surface area contributed by atoms with Crippen LogP contribution in [0.25, 0.3) is 0 Å². The second-order valence-corrected chi connectivity index (χ2v) is 6.38. The molecule has 0 amide bonds. The van der Waals surface area contributed by atoms with Crippen LogP contribution in [0.2, 0.25) is 0 Å². The van der Waals surface area contributed by atoms with Gasteiger partial charge < -0.3 is 14.8 Å². The van der Waals surface area contributed by atoms with E-state index in [1.807, 2.05) is 0 Å². The van der Waals surface area contributed by atoms with Gasteiger partial charge in [0.05, 0.1) is 6.61 Å². The van der Waals surface area contributed by atoms with E-state index in [1.54, 1.807) is 7.11 Å². The van der Waals surface area contributed by atoms with Gasteiger partial charge in [-0.2, -0.15) is 0 Å². The lowest BCUT2D eigenvalue weighted by Gasteiger charge is -2.42. The molecule has 3 heteroatoms. The van der Waals surface area contributed by atoms with E-state index in [0.29, 0.717) is 6.04 Å². The second kappa shape index (κ2) is 7.81. The van der Waals surface area contributed by atoms with Crippen LogP contribution >= 0.6 is 0 Å². The highest BCUT2D eigenvalue weighted by Crippen LogP contribution is 2.39. The molecule has 3 nitrogen and oxygen atoms in total. The quantitative estimate of drug-likeness (QED) is 0.754. The van der Waals surface area contributed by atoms with Gasteiger partial charge in [-0.1, -0.05) is 26.0 Å². The second-order valence-electron chi connectivity index (χ2n) is 6.38. The lowest BCUT2D eigenvalue weighted by molar-refractivity contribution is -0.0145. The lowest BCUT2D eigenvalue weighted by atomic mass is 9.77. The molecule has 118 valence electrons. The van der Waals surface area contributed by atoms with Crippen molar-refractivity contribution in [3.8, 4) is 5.75 Å². The minimum absolute atomic E-state index is 0.0654. The first-order valence-corrected chi connectivity index (χ1v) is 8.14. The third-order valence-electron chi connectivity index (χ3n) is 4.25. The Labute approximate surface area is 129 Å². The van der Waals surface area contributed by atoms with Gasteiger partial charge in [0.2, 0.25) is 0 Å². The van der Waals surface area contributed by atoms with Crippen LogP contribution in [0.15, 0.2) is 24.3 Å². The monoisotopic (exact) mass is 291 g/mol. The van der Waals surface area contributed by atoms with E-state index in [2.05, 4.69) is 43.4 Å². The number of rotatable bonds is 9. The third-order valence-corrected chi connectivity index (χ3v) is 4.25. The van der Waals surface area contributed by atoms with E-state index in [-0.39, 0.29) is 5.60 Å². The molecule has 1 aromatic carbocycles. The predicted octanol–water partition coefficient (Wildman–Crippen LogP) is 3.57. The van der Waals surface area contributed by atoms with Gasteiger partial charge in [-0.15, -0.1) is 0 Å². The Morgan fingerprint density at radius 3 is 2.43 bits per heavy atom. The number of hydrogen-bond donors (Lipinski definition) is 1. The first-order chi connectivity index (χ1) is 10.1. The number of benzene rings is 1. The predicted molar refractivity (Wildman–Crippen MR) is 87.0 cm³/mol. The van der Waals surface area contributed by atoms with Crippen molar-refractivity contribution >= 4 is 0 Å². The first-order valence-electron chi connectivity index (χ1n) is 8.14. The Morgan fingerprint density at radius 2 is 1.90 bits per heavy atom. The summed E-state index contributed by atoms with van der Waals surface area (Å²) < 4.78 is 11.4. The summed E-state index contributed by atoms with van der Waals surface area (Å²) in [4.78, 5) is 0. The molecule has 1 fully saturated rings. The number of methoxy groups -OCH3 is 1. The van der Waals surface area contributed by atoms with Gasteiger partial charge in [-0.05, 0) is 56.3 Å². The Morgan fingerprint density at radius 1 is 1.19 bits per heavy atom. The molecule has 2 rings (SSSR count). The summed E-state index contributed by atoms with van der Waals surface area (Å²) in [6.45, 7) is 6.18. The zero-order valence-corrected chi connectivity index (χ0v) is 13.7. The Hall–Kier alpha value is -1.06. The molecule has 0 aliphatic heterocycles. The summed E-state index contributed by atoms with van der Waals surface area (Å²) >= 11 is 0. The fraction of sp³-hybridized carbons (Fsp3) is 0.667. The average molecular weight is 291 g/mol. The van der Waals surface area contributed by atoms with Crippen molar-refractivity contribution in [1.29, 1.82) is 0 Å². The van der Waals surface area contributed by atoms with E-state index >= 15 is 0 Å². The van der Waals surface area contributed by atoms with Crippen LogP contribution in [0.5, 0.6) is 5.75 Å². The Balaban J connectivity index is 1.86. The maximum absolute atomic E-state index is 6.31. The number of hydrogen-bond acceptors (Lipinski definition) is 3. The molecular weight excluding hydrogens is 262 g/mol. The molecule has 0 spiro atoms. The van der Waals surface area contributed by atoms with E-state index in [0.717, 1.165) is 31.7 Å². The summed E-state index contributed by atoms with van der Waals surface area (Å²) in [5.74, 6) is 1.00. The molecule has 0 heterocycles. The SMILES string of the molecule is COCCc1ccc(OC2(CCNC(C)C)CCC2)cc1. The minimum atomic E-state index is 0.0654. The molecule has 1 N–H and O–H groups in total. The van der Waals surface area contributed by atoms with Gasteiger partial charge >= 0.3 is 0 Å². The highest BCUT2D eigenvalue weighted by Gasteiger charge is 2.38. The first kappa shape index (κ1) is 16.3. The number of ether oxygens (including phenoxy) is 2. The van der Waals surface area contributed by atoms with Gasteiger partial charge in [-0.25, -0.2) is 0 Å². The van der Waals surface area contributed by atoms with Gasteiger partial charge in [0.25, 0.3) is 0 Å². The summed E-state index contributed by atoms with van der Waals surface area (Å²) in [5, 5.41) is 3.49. The van der Waals surface area contributed by atoms with Crippen molar-refractivity contribution in [2.75, 3.05) is 20.3 Å². The van der Waals surface area contributed by atoms with Crippen LogP contribution < -0.4 is 10.1 Å². The molecule has 0 unspecified atom stereocenters. The maximum Gasteiger partial charge on any atom is 0.120 e. The molecule has 1 saturated carbocycles. The summed E-state index contributed by atoms with van der Waals surface area (Å²) in [5.41, 5.74) is 1.36. The normalized spacial score (nSPS) is 16.8. The zero-order valence-electron chi connectivity index (χ0n) is 13.7. The molecule has 0 bridgehead atoms. The molecule has 1 aliphatic rings. The molecular formula is C18H29NO2. The molecule has 1 aliphatic carbocycles. The van der Waals surface area contributed by atoms with Crippen molar-refractivity contribution < 1.29 is 9.47 Å². The van der Waals surface area contributed by atoms with Crippen LogP contribution in [-0.2, 0) is 11.2 Å². The van der Waals surface area contributed by atoms with Crippen LogP contribution in [0, 0.1) is 0 Å². The largest absolute Gasteiger partial charge is 0.487 e.